The smallest absolute Gasteiger partial charge is 0.241 e. The fraction of sp³-hybridized carbons (Fsp3) is 0.611. The lowest BCUT2D eigenvalue weighted by atomic mass is 9.54. The monoisotopic (exact) mass is 338 g/mol. The summed E-state index contributed by atoms with van der Waals surface area (Å²) in [5.41, 5.74) is 6.22. The second-order valence-corrected chi connectivity index (χ2v) is 6.88. The van der Waals surface area contributed by atoms with Gasteiger partial charge in [-0.2, -0.15) is 0 Å². The number of methoxy groups -OCH3 is 1. The number of amides is 1. The molecule has 1 aromatic rings. The predicted octanol–water partition coefficient (Wildman–Crippen LogP) is 2.12. The van der Waals surface area contributed by atoms with Crippen LogP contribution in [0.4, 0.5) is 4.39 Å². The predicted molar refractivity (Wildman–Crippen MR) is 89.7 cm³/mol. The highest BCUT2D eigenvalue weighted by atomic mass is 19.1. The third kappa shape index (κ3) is 3.31. The van der Waals surface area contributed by atoms with E-state index in [1.165, 1.54) is 13.2 Å². The van der Waals surface area contributed by atoms with Gasteiger partial charge in [0, 0.05) is 37.7 Å². The number of halogens is 1. The van der Waals surface area contributed by atoms with Crippen LogP contribution in [0.15, 0.2) is 18.2 Å². The number of benzene rings is 1. The normalized spacial score (nSPS) is 25.2. The van der Waals surface area contributed by atoms with Crippen LogP contribution in [0, 0.1) is 11.2 Å². The molecule has 0 aromatic heterocycles. The van der Waals surface area contributed by atoms with Gasteiger partial charge < -0.3 is 20.5 Å². The molecule has 0 radical (unpaired) electrons. The van der Waals surface area contributed by atoms with Gasteiger partial charge in [-0.1, -0.05) is 19.9 Å². The van der Waals surface area contributed by atoms with Crippen LogP contribution in [0.5, 0.6) is 0 Å². The summed E-state index contributed by atoms with van der Waals surface area (Å²) >= 11 is 0. The highest BCUT2D eigenvalue weighted by Crippen LogP contribution is 2.49. The zero-order chi connectivity index (χ0) is 18.0. The molecule has 2 rings (SSSR count). The molecule has 1 fully saturated rings. The first-order valence-electron chi connectivity index (χ1n) is 8.21. The molecule has 5 nitrogen and oxygen atoms in total. The standard InChI is InChI=1S/C18H27FN2O3/c1-5-24-15-9-18(20,17(15,2)3)16(22)21-10-12-6-7-14(19)13(8-12)11-23-4/h6-8,15H,5,9-11,20H2,1-4H3,(H,21,22). The Morgan fingerprint density at radius 2 is 2.17 bits per heavy atom. The van der Waals surface area contributed by atoms with Gasteiger partial charge in [0.25, 0.3) is 0 Å². The van der Waals surface area contributed by atoms with Crippen molar-refractivity contribution in [1.29, 1.82) is 0 Å². The Morgan fingerprint density at radius 1 is 1.46 bits per heavy atom. The largest absolute Gasteiger partial charge is 0.380 e. The van der Waals surface area contributed by atoms with Crippen LogP contribution in [0.2, 0.25) is 0 Å². The highest BCUT2D eigenvalue weighted by Gasteiger charge is 2.62. The summed E-state index contributed by atoms with van der Waals surface area (Å²) in [5, 5.41) is 2.87. The molecule has 134 valence electrons. The van der Waals surface area contributed by atoms with E-state index in [1.54, 1.807) is 12.1 Å². The minimum absolute atomic E-state index is 0.0163. The van der Waals surface area contributed by atoms with Gasteiger partial charge in [-0.15, -0.1) is 0 Å². The molecule has 1 saturated carbocycles. The molecular formula is C18H27FN2O3. The summed E-state index contributed by atoms with van der Waals surface area (Å²) in [7, 11) is 1.51. The molecule has 0 spiro atoms. The van der Waals surface area contributed by atoms with Crippen LogP contribution in [-0.2, 0) is 27.4 Å². The molecule has 1 amide bonds. The molecule has 6 heteroatoms. The van der Waals surface area contributed by atoms with Gasteiger partial charge in [0.1, 0.15) is 11.4 Å². The van der Waals surface area contributed by atoms with E-state index in [0.29, 0.717) is 25.1 Å². The van der Waals surface area contributed by atoms with Crippen molar-refractivity contribution in [3.8, 4) is 0 Å². The number of carbonyl (C=O) groups excluding carboxylic acids is 1. The zero-order valence-corrected chi connectivity index (χ0v) is 14.8. The van der Waals surface area contributed by atoms with Crippen LogP contribution in [-0.4, -0.2) is 31.3 Å². The number of hydrogen-bond donors (Lipinski definition) is 2. The van der Waals surface area contributed by atoms with E-state index >= 15 is 0 Å². The number of rotatable bonds is 7. The van der Waals surface area contributed by atoms with Gasteiger partial charge in [-0.3, -0.25) is 4.79 Å². The van der Waals surface area contributed by atoms with Crippen molar-refractivity contribution < 1.29 is 18.7 Å². The van der Waals surface area contributed by atoms with E-state index in [9.17, 15) is 9.18 Å². The van der Waals surface area contributed by atoms with Crippen molar-refractivity contribution >= 4 is 5.91 Å². The van der Waals surface area contributed by atoms with E-state index in [1.807, 2.05) is 20.8 Å². The molecule has 1 aliphatic carbocycles. The van der Waals surface area contributed by atoms with E-state index in [4.69, 9.17) is 15.2 Å². The van der Waals surface area contributed by atoms with E-state index in [2.05, 4.69) is 5.32 Å². The number of nitrogens with two attached hydrogens (primary N) is 1. The summed E-state index contributed by atoms with van der Waals surface area (Å²) in [6.45, 7) is 6.92. The Hall–Kier alpha value is -1.50. The third-order valence-electron chi connectivity index (χ3n) is 5.10. The second kappa shape index (κ2) is 7.17. The molecular weight excluding hydrogens is 311 g/mol. The zero-order valence-electron chi connectivity index (χ0n) is 14.8. The van der Waals surface area contributed by atoms with Crippen molar-refractivity contribution in [3.63, 3.8) is 0 Å². The number of ether oxygens (including phenoxy) is 2. The molecule has 0 saturated heterocycles. The van der Waals surface area contributed by atoms with Gasteiger partial charge in [0.15, 0.2) is 0 Å². The maximum Gasteiger partial charge on any atom is 0.241 e. The minimum atomic E-state index is -0.956. The Balaban J connectivity index is 2.00. The minimum Gasteiger partial charge on any atom is -0.380 e. The Labute approximate surface area is 142 Å². The van der Waals surface area contributed by atoms with Crippen molar-refractivity contribution in [3.05, 3.63) is 35.1 Å². The molecule has 1 aliphatic rings. The topological polar surface area (TPSA) is 73.6 Å². The summed E-state index contributed by atoms with van der Waals surface area (Å²) in [6.07, 6.45) is 0.482. The summed E-state index contributed by atoms with van der Waals surface area (Å²) in [5.74, 6) is -0.525. The second-order valence-electron chi connectivity index (χ2n) is 6.88. The summed E-state index contributed by atoms with van der Waals surface area (Å²) in [6, 6.07) is 4.72. The number of carbonyl (C=O) groups is 1. The average molecular weight is 338 g/mol. The fourth-order valence-corrected chi connectivity index (χ4v) is 3.16. The van der Waals surface area contributed by atoms with Gasteiger partial charge in [-0.25, -0.2) is 4.39 Å². The first-order valence-corrected chi connectivity index (χ1v) is 8.21. The number of nitrogens with one attached hydrogen (secondary N) is 1. The maximum absolute atomic E-state index is 13.6. The molecule has 3 N–H and O–H groups in total. The van der Waals surface area contributed by atoms with Crippen LogP contribution >= 0.6 is 0 Å². The summed E-state index contributed by atoms with van der Waals surface area (Å²) in [4.78, 5) is 12.6. The van der Waals surface area contributed by atoms with Crippen LogP contribution in [0.25, 0.3) is 0 Å². The van der Waals surface area contributed by atoms with Crippen LogP contribution in [0.1, 0.15) is 38.3 Å². The lowest BCUT2D eigenvalue weighted by Crippen LogP contribution is -2.75. The molecule has 24 heavy (non-hydrogen) atoms. The summed E-state index contributed by atoms with van der Waals surface area (Å²) < 4.78 is 24.2. The number of hydrogen-bond acceptors (Lipinski definition) is 4. The van der Waals surface area contributed by atoms with Crippen LogP contribution < -0.4 is 11.1 Å². The quantitative estimate of drug-likeness (QED) is 0.799. The van der Waals surface area contributed by atoms with Crippen molar-refractivity contribution in [2.24, 2.45) is 11.1 Å². The van der Waals surface area contributed by atoms with Crippen molar-refractivity contribution in [2.45, 2.75) is 52.0 Å². The van der Waals surface area contributed by atoms with Gasteiger partial charge in [0.2, 0.25) is 5.91 Å². The van der Waals surface area contributed by atoms with Crippen molar-refractivity contribution in [1.82, 2.24) is 5.32 Å². The van der Waals surface area contributed by atoms with E-state index in [-0.39, 0.29) is 24.4 Å². The molecule has 0 bridgehead atoms. The average Bonchev–Trinajstić information content (AvgIpc) is 2.55. The van der Waals surface area contributed by atoms with Gasteiger partial charge >= 0.3 is 0 Å². The third-order valence-corrected chi connectivity index (χ3v) is 5.10. The van der Waals surface area contributed by atoms with Gasteiger partial charge in [0.05, 0.1) is 12.7 Å². The van der Waals surface area contributed by atoms with Crippen LogP contribution in [0.3, 0.4) is 0 Å². The molecule has 0 heterocycles. The Bertz CT molecular complexity index is 606. The SMILES string of the molecule is CCOC1CC(N)(C(=O)NCc2ccc(F)c(COC)c2)C1(C)C. The Kier molecular flexibility index (Phi) is 5.63. The lowest BCUT2D eigenvalue weighted by molar-refractivity contribution is -0.170. The molecule has 1 aromatic carbocycles. The Morgan fingerprint density at radius 3 is 2.75 bits per heavy atom. The highest BCUT2D eigenvalue weighted by molar-refractivity contribution is 5.88. The van der Waals surface area contributed by atoms with Crippen molar-refractivity contribution in [2.75, 3.05) is 13.7 Å². The molecule has 0 aliphatic heterocycles. The van der Waals surface area contributed by atoms with E-state index in [0.717, 1.165) is 5.56 Å². The first kappa shape index (κ1) is 18.8. The molecule has 2 unspecified atom stereocenters. The van der Waals surface area contributed by atoms with E-state index < -0.39 is 11.0 Å². The first-order chi connectivity index (χ1) is 11.3. The van der Waals surface area contributed by atoms with Gasteiger partial charge in [-0.05, 0) is 24.6 Å². The fourth-order valence-electron chi connectivity index (χ4n) is 3.16. The maximum atomic E-state index is 13.6. The lowest BCUT2D eigenvalue weighted by Gasteiger charge is -2.57. The molecule has 2 atom stereocenters.